The van der Waals surface area contributed by atoms with Crippen molar-refractivity contribution in [2.24, 2.45) is 0 Å². The van der Waals surface area contributed by atoms with Crippen molar-refractivity contribution in [2.45, 2.75) is 6.61 Å². The number of benzene rings is 4. The number of fused-ring (bicyclic) bond motifs is 1. The number of allylic oxidation sites excluding steroid dienone is 1. The van der Waals surface area contributed by atoms with E-state index in [0.29, 0.717) is 29.2 Å². The molecule has 0 spiro atoms. The van der Waals surface area contributed by atoms with Gasteiger partial charge in [0.05, 0.1) is 24.3 Å². The molecule has 0 saturated carbocycles. The van der Waals surface area contributed by atoms with Gasteiger partial charge >= 0.3 is 5.97 Å². The molecule has 0 aliphatic heterocycles. The van der Waals surface area contributed by atoms with Crippen molar-refractivity contribution in [1.82, 2.24) is 0 Å². The minimum atomic E-state index is -1.01. The third-order valence-corrected chi connectivity index (χ3v) is 5.33. The molecule has 0 bridgehead atoms. The standard InChI is InChI=1S/C28H21NO4/c1-32-27-16-19(15-24(17-29)20-10-12-22(13-11-20)28(30)31)9-14-26(27)33-18-23-7-4-6-21-5-2-3-8-25(21)23/h2-16H,18H2,1H3,(H,30,31)/b24-15-. The van der Waals surface area contributed by atoms with Crippen LogP contribution < -0.4 is 9.47 Å². The number of aromatic carboxylic acids is 1. The normalized spacial score (nSPS) is 11.1. The molecular weight excluding hydrogens is 414 g/mol. The van der Waals surface area contributed by atoms with Gasteiger partial charge in [-0.1, -0.05) is 60.7 Å². The molecule has 0 unspecified atom stereocenters. The van der Waals surface area contributed by atoms with Gasteiger partial charge in [-0.25, -0.2) is 4.79 Å². The van der Waals surface area contributed by atoms with Crippen LogP contribution in [-0.2, 0) is 6.61 Å². The summed E-state index contributed by atoms with van der Waals surface area (Å²) in [7, 11) is 1.57. The number of nitriles is 1. The lowest BCUT2D eigenvalue weighted by Gasteiger charge is -2.13. The van der Waals surface area contributed by atoms with Crippen molar-refractivity contribution in [1.29, 1.82) is 5.26 Å². The summed E-state index contributed by atoms with van der Waals surface area (Å²) in [6, 6.07) is 28.1. The van der Waals surface area contributed by atoms with Gasteiger partial charge in [-0.3, -0.25) is 0 Å². The van der Waals surface area contributed by atoms with Crippen LogP contribution in [0.5, 0.6) is 11.5 Å². The average molecular weight is 435 g/mol. The summed E-state index contributed by atoms with van der Waals surface area (Å²) in [5, 5.41) is 21.0. The average Bonchev–Trinajstić information content (AvgIpc) is 2.86. The number of methoxy groups -OCH3 is 1. The topological polar surface area (TPSA) is 79.5 Å². The first-order chi connectivity index (χ1) is 16.1. The monoisotopic (exact) mass is 435 g/mol. The van der Waals surface area contributed by atoms with Gasteiger partial charge in [0.1, 0.15) is 6.61 Å². The molecule has 33 heavy (non-hydrogen) atoms. The molecule has 0 aliphatic carbocycles. The van der Waals surface area contributed by atoms with Crippen molar-refractivity contribution in [3.63, 3.8) is 0 Å². The van der Waals surface area contributed by atoms with Crippen LogP contribution in [0.2, 0.25) is 0 Å². The SMILES string of the molecule is COc1cc(/C=C(/C#N)c2ccc(C(=O)O)cc2)ccc1OCc1cccc2ccccc12. The number of hydrogen-bond acceptors (Lipinski definition) is 4. The Morgan fingerprint density at radius 2 is 1.67 bits per heavy atom. The molecule has 4 aromatic rings. The summed E-state index contributed by atoms with van der Waals surface area (Å²) in [6.45, 7) is 0.395. The van der Waals surface area contributed by atoms with E-state index in [4.69, 9.17) is 14.6 Å². The third-order valence-electron chi connectivity index (χ3n) is 5.33. The molecule has 5 heteroatoms. The number of carboxylic acid groups (broad SMARTS) is 1. The Labute approximate surface area is 191 Å². The number of nitrogens with zero attached hydrogens (tertiary/aromatic N) is 1. The third kappa shape index (κ3) is 4.86. The maximum Gasteiger partial charge on any atom is 0.335 e. The number of carboxylic acids is 1. The van der Waals surface area contributed by atoms with Crippen LogP contribution in [0.1, 0.15) is 27.0 Å². The van der Waals surface area contributed by atoms with E-state index in [1.165, 1.54) is 12.1 Å². The highest BCUT2D eigenvalue weighted by Crippen LogP contribution is 2.31. The van der Waals surface area contributed by atoms with E-state index in [-0.39, 0.29) is 5.56 Å². The van der Waals surface area contributed by atoms with Crippen LogP contribution in [0.25, 0.3) is 22.4 Å². The van der Waals surface area contributed by atoms with E-state index in [9.17, 15) is 10.1 Å². The summed E-state index contributed by atoms with van der Waals surface area (Å²) >= 11 is 0. The lowest BCUT2D eigenvalue weighted by Crippen LogP contribution is -1.99. The van der Waals surface area contributed by atoms with Gasteiger partial charge in [0, 0.05) is 0 Å². The molecular formula is C28H21NO4. The van der Waals surface area contributed by atoms with E-state index in [2.05, 4.69) is 24.3 Å². The van der Waals surface area contributed by atoms with Crippen molar-refractivity contribution < 1.29 is 19.4 Å². The molecule has 0 saturated heterocycles. The van der Waals surface area contributed by atoms with E-state index in [1.807, 2.05) is 36.4 Å². The molecule has 162 valence electrons. The minimum Gasteiger partial charge on any atom is -0.493 e. The Bertz CT molecular complexity index is 1380. The van der Waals surface area contributed by atoms with E-state index >= 15 is 0 Å². The number of ether oxygens (including phenoxy) is 2. The zero-order valence-corrected chi connectivity index (χ0v) is 18.0. The zero-order valence-electron chi connectivity index (χ0n) is 18.0. The lowest BCUT2D eigenvalue weighted by atomic mass is 10.0. The van der Waals surface area contributed by atoms with Crippen LogP contribution in [0.15, 0.2) is 84.9 Å². The quantitative estimate of drug-likeness (QED) is 0.277. The van der Waals surface area contributed by atoms with Gasteiger partial charge in [-0.05, 0) is 57.8 Å². The second-order valence-electron chi connectivity index (χ2n) is 7.39. The predicted molar refractivity (Wildman–Crippen MR) is 128 cm³/mol. The van der Waals surface area contributed by atoms with Gasteiger partial charge < -0.3 is 14.6 Å². The molecule has 0 heterocycles. The summed E-state index contributed by atoms with van der Waals surface area (Å²) < 4.78 is 11.6. The molecule has 0 amide bonds. The zero-order chi connectivity index (χ0) is 23.2. The Morgan fingerprint density at radius 1 is 0.939 bits per heavy atom. The number of rotatable bonds is 7. The van der Waals surface area contributed by atoms with Crippen LogP contribution in [0, 0.1) is 11.3 Å². The largest absolute Gasteiger partial charge is 0.493 e. The molecule has 0 atom stereocenters. The highest BCUT2D eigenvalue weighted by molar-refractivity contribution is 5.92. The molecule has 0 aromatic heterocycles. The van der Waals surface area contributed by atoms with Gasteiger partial charge in [0.15, 0.2) is 11.5 Å². The second kappa shape index (κ2) is 9.71. The van der Waals surface area contributed by atoms with Gasteiger partial charge in [-0.2, -0.15) is 5.26 Å². The van der Waals surface area contributed by atoms with Crippen molar-refractivity contribution >= 4 is 28.4 Å². The molecule has 0 fully saturated rings. The van der Waals surface area contributed by atoms with Gasteiger partial charge in [-0.15, -0.1) is 0 Å². The van der Waals surface area contributed by atoms with Crippen LogP contribution in [0.4, 0.5) is 0 Å². The van der Waals surface area contributed by atoms with Crippen LogP contribution >= 0.6 is 0 Å². The lowest BCUT2D eigenvalue weighted by molar-refractivity contribution is 0.0697. The fourth-order valence-corrected chi connectivity index (χ4v) is 3.61. The number of carbonyl (C=O) groups is 1. The van der Waals surface area contributed by atoms with Crippen molar-refractivity contribution in [3.8, 4) is 17.6 Å². The summed E-state index contributed by atoms with van der Waals surface area (Å²) in [5.74, 6) is 0.155. The van der Waals surface area contributed by atoms with Gasteiger partial charge in [0.25, 0.3) is 0 Å². The fraction of sp³-hybridized carbons (Fsp3) is 0.0714. The molecule has 4 rings (SSSR count). The Balaban J connectivity index is 1.57. The van der Waals surface area contributed by atoms with Crippen molar-refractivity contribution in [3.05, 3.63) is 107 Å². The van der Waals surface area contributed by atoms with Crippen LogP contribution in [0.3, 0.4) is 0 Å². The molecule has 5 nitrogen and oxygen atoms in total. The Kier molecular flexibility index (Phi) is 6.38. The summed E-state index contributed by atoms with van der Waals surface area (Å²) in [5.41, 5.74) is 3.07. The first kappa shape index (κ1) is 21.7. The first-order valence-electron chi connectivity index (χ1n) is 10.3. The maximum atomic E-state index is 11.0. The van der Waals surface area contributed by atoms with Crippen molar-refractivity contribution in [2.75, 3.05) is 7.11 Å². The van der Waals surface area contributed by atoms with Crippen LogP contribution in [-0.4, -0.2) is 18.2 Å². The molecule has 4 aromatic carbocycles. The minimum absolute atomic E-state index is 0.172. The first-order valence-corrected chi connectivity index (χ1v) is 10.3. The number of hydrogen-bond donors (Lipinski definition) is 1. The molecule has 1 N–H and O–H groups in total. The summed E-state index contributed by atoms with van der Waals surface area (Å²) in [6.07, 6.45) is 1.73. The smallest absolute Gasteiger partial charge is 0.335 e. The second-order valence-corrected chi connectivity index (χ2v) is 7.39. The van der Waals surface area contributed by atoms with E-state index in [0.717, 1.165) is 21.9 Å². The highest BCUT2D eigenvalue weighted by Gasteiger charge is 2.09. The van der Waals surface area contributed by atoms with E-state index in [1.54, 1.807) is 31.4 Å². The predicted octanol–water partition coefficient (Wildman–Crippen LogP) is 6.19. The fourth-order valence-electron chi connectivity index (χ4n) is 3.61. The summed E-state index contributed by atoms with van der Waals surface area (Å²) in [4.78, 5) is 11.0. The molecule has 0 radical (unpaired) electrons. The van der Waals surface area contributed by atoms with E-state index < -0.39 is 5.97 Å². The maximum absolute atomic E-state index is 11.0. The molecule has 0 aliphatic rings. The highest BCUT2D eigenvalue weighted by atomic mass is 16.5. The Hall–Kier alpha value is -4.56. The Morgan fingerprint density at radius 3 is 2.39 bits per heavy atom. The van der Waals surface area contributed by atoms with Gasteiger partial charge in [0.2, 0.25) is 0 Å².